The first-order chi connectivity index (χ1) is 12.7. The Kier molecular flexibility index (Phi) is 5.99. The van der Waals surface area contributed by atoms with E-state index in [4.69, 9.17) is 16.4 Å². The summed E-state index contributed by atoms with van der Waals surface area (Å²) < 4.78 is 4.65. The van der Waals surface area contributed by atoms with E-state index in [1.54, 1.807) is 30.5 Å². The number of benzene rings is 2. The lowest BCUT2D eigenvalue weighted by Crippen LogP contribution is -2.00. The molecule has 0 bridgehead atoms. The lowest BCUT2D eigenvalue weighted by Gasteiger charge is -1.99. The third-order valence-electron chi connectivity index (χ3n) is 3.46. The lowest BCUT2D eigenvalue weighted by atomic mass is 10.1. The average Bonchev–Trinajstić information content (AvgIpc) is 3.14. The summed E-state index contributed by atoms with van der Waals surface area (Å²) in [5.74, 6) is -0.371. The number of methoxy groups -OCH3 is 1. The second-order valence-corrected chi connectivity index (χ2v) is 6.57. The molecule has 1 aromatic heterocycles. The van der Waals surface area contributed by atoms with Crippen molar-refractivity contribution in [1.29, 1.82) is 0 Å². The van der Waals surface area contributed by atoms with E-state index in [1.165, 1.54) is 18.4 Å². The molecule has 26 heavy (non-hydrogen) atoms. The number of nitrogens with zero attached hydrogens (tertiary/aromatic N) is 2. The van der Waals surface area contributed by atoms with Crippen LogP contribution in [-0.4, -0.2) is 24.3 Å². The minimum atomic E-state index is -0.371. The van der Waals surface area contributed by atoms with Crippen molar-refractivity contribution in [1.82, 2.24) is 4.98 Å². The van der Waals surface area contributed by atoms with Crippen molar-refractivity contribution in [2.45, 2.75) is 6.61 Å². The zero-order valence-corrected chi connectivity index (χ0v) is 15.5. The van der Waals surface area contributed by atoms with Gasteiger partial charge in [-0.1, -0.05) is 41.0 Å². The van der Waals surface area contributed by atoms with E-state index in [-0.39, 0.29) is 12.6 Å². The molecule has 1 heterocycles. The summed E-state index contributed by atoms with van der Waals surface area (Å²) in [5.41, 5.74) is 3.12. The summed E-state index contributed by atoms with van der Waals surface area (Å²) in [4.78, 5) is 21.2. The van der Waals surface area contributed by atoms with Crippen molar-refractivity contribution in [3.63, 3.8) is 0 Å². The Morgan fingerprint density at radius 2 is 1.92 bits per heavy atom. The minimum absolute atomic E-state index is 0.279. The van der Waals surface area contributed by atoms with Crippen LogP contribution in [0.25, 0.3) is 10.6 Å². The number of aromatic nitrogens is 1. The number of oxime groups is 1. The molecule has 132 valence electrons. The fourth-order valence-electron chi connectivity index (χ4n) is 2.12. The van der Waals surface area contributed by atoms with Crippen molar-refractivity contribution in [3.05, 3.63) is 75.8 Å². The molecule has 0 radical (unpaired) electrons. The van der Waals surface area contributed by atoms with Crippen LogP contribution >= 0.6 is 22.9 Å². The van der Waals surface area contributed by atoms with Crippen molar-refractivity contribution < 1.29 is 14.4 Å². The molecule has 3 rings (SSSR count). The van der Waals surface area contributed by atoms with Gasteiger partial charge in [0.25, 0.3) is 0 Å². The molecule has 0 atom stereocenters. The Labute approximate surface area is 159 Å². The van der Waals surface area contributed by atoms with Gasteiger partial charge in [-0.3, -0.25) is 0 Å². The quantitative estimate of drug-likeness (QED) is 0.347. The summed E-state index contributed by atoms with van der Waals surface area (Å²) in [7, 11) is 1.35. The van der Waals surface area contributed by atoms with Gasteiger partial charge in [0, 0.05) is 16.0 Å². The normalized spacial score (nSPS) is 10.8. The van der Waals surface area contributed by atoms with Gasteiger partial charge < -0.3 is 9.57 Å². The highest BCUT2D eigenvalue weighted by molar-refractivity contribution is 7.13. The van der Waals surface area contributed by atoms with Crippen molar-refractivity contribution >= 4 is 35.1 Å². The number of hydrogen-bond acceptors (Lipinski definition) is 6. The second kappa shape index (κ2) is 8.60. The molecule has 0 saturated heterocycles. The molecule has 3 aromatic rings. The summed E-state index contributed by atoms with van der Waals surface area (Å²) in [5, 5.41) is 7.47. The molecule has 0 aliphatic carbocycles. The third-order valence-corrected chi connectivity index (χ3v) is 4.66. The molecule has 0 saturated carbocycles. The molecule has 0 unspecified atom stereocenters. The number of esters is 1. The van der Waals surface area contributed by atoms with Gasteiger partial charge in [-0.25, -0.2) is 9.78 Å². The SMILES string of the molecule is COC(=O)c1ccc(/C=N\OCc2csc(-c3ccc(Cl)cc3)n2)cc1. The average molecular weight is 387 g/mol. The van der Waals surface area contributed by atoms with Crippen molar-refractivity contribution in [2.75, 3.05) is 7.11 Å². The standard InChI is InChI=1S/C19H15ClN2O3S/c1-24-19(23)15-4-2-13(3-5-15)10-21-25-11-17-12-26-18(22-17)14-6-8-16(20)9-7-14/h2-10,12H,11H2,1H3/b21-10-. The van der Waals surface area contributed by atoms with Gasteiger partial charge in [0.15, 0.2) is 6.61 Å². The first kappa shape index (κ1) is 18.1. The molecule has 0 spiro atoms. The van der Waals surface area contributed by atoms with Crippen LogP contribution in [0.1, 0.15) is 21.6 Å². The van der Waals surface area contributed by atoms with E-state index < -0.39 is 0 Å². The van der Waals surface area contributed by atoms with Crippen LogP contribution in [0.2, 0.25) is 5.02 Å². The van der Waals surface area contributed by atoms with E-state index in [2.05, 4.69) is 14.9 Å². The molecule has 2 aromatic carbocycles. The van der Waals surface area contributed by atoms with Crippen molar-refractivity contribution in [3.8, 4) is 10.6 Å². The molecular formula is C19H15ClN2O3S. The maximum Gasteiger partial charge on any atom is 0.337 e. The number of rotatable bonds is 6. The Balaban J connectivity index is 1.54. The molecule has 0 aliphatic rings. The first-order valence-corrected chi connectivity index (χ1v) is 8.95. The van der Waals surface area contributed by atoms with Crippen LogP contribution in [-0.2, 0) is 16.2 Å². The number of hydrogen-bond donors (Lipinski definition) is 0. The van der Waals surface area contributed by atoms with Gasteiger partial charge in [0.1, 0.15) is 5.01 Å². The number of carbonyl (C=O) groups excluding carboxylic acids is 1. The van der Waals surface area contributed by atoms with E-state index in [0.717, 1.165) is 21.8 Å². The zero-order valence-electron chi connectivity index (χ0n) is 13.9. The Morgan fingerprint density at radius 1 is 1.19 bits per heavy atom. The Bertz CT molecular complexity index is 905. The Hall–Kier alpha value is -2.70. The van der Waals surface area contributed by atoms with Gasteiger partial charge in [-0.15, -0.1) is 11.3 Å². The predicted octanol–water partition coefficient (Wildman–Crippen LogP) is 4.80. The molecule has 0 fully saturated rings. The van der Waals surface area contributed by atoms with Crippen LogP contribution < -0.4 is 0 Å². The highest BCUT2D eigenvalue weighted by Crippen LogP contribution is 2.25. The zero-order chi connectivity index (χ0) is 18.4. The first-order valence-electron chi connectivity index (χ1n) is 7.70. The van der Waals surface area contributed by atoms with Crippen molar-refractivity contribution in [2.24, 2.45) is 5.16 Å². The van der Waals surface area contributed by atoms with Crippen LogP contribution in [0.3, 0.4) is 0 Å². The summed E-state index contributed by atoms with van der Waals surface area (Å²) in [6.45, 7) is 0.279. The summed E-state index contributed by atoms with van der Waals surface area (Å²) in [6, 6.07) is 14.4. The van der Waals surface area contributed by atoms with Gasteiger partial charge in [0.2, 0.25) is 0 Å². The van der Waals surface area contributed by atoms with Gasteiger partial charge >= 0.3 is 5.97 Å². The van der Waals surface area contributed by atoms with Crippen LogP contribution in [0.4, 0.5) is 0 Å². The minimum Gasteiger partial charge on any atom is -0.465 e. The monoisotopic (exact) mass is 386 g/mol. The smallest absolute Gasteiger partial charge is 0.337 e. The van der Waals surface area contributed by atoms with Crippen LogP contribution in [0.5, 0.6) is 0 Å². The maximum atomic E-state index is 11.4. The van der Waals surface area contributed by atoms with E-state index in [1.807, 2.05) is 29.6 Å². The third kappa shape index (κ3) is 4.68. The van der Waals surface area contributed by atoms with E-state index in [0.29, 0.717) is 10.6 Å². The number of ether oxygens (including phenoxy) is 1. The number of halogens is 1. The lowest BCUT2D eigenvalue weighted by molar-refractivity contribution is 0.0600. The molecule has 0 N–H and O–H groups in total. The maximum absolute atomic E-state index is 11.4. The molecule has 5 nitrogen and oxygen atoms in total. The second-order valence-electron chi connectivity index (χ2n) is 5.27. The van der Waals surface area contributed by atoms with E-state index >= 15 is 0 Å². The molecule has 0 amide bonds. The van der Waals surface area contributed by atoms with Crippen LogP contribution in [0, 0.1) is 0 Å². The highest BCUT2D eigenvalue weighted by Gasteiger charge is 2.05. The fraction of sp³-hybridized carbons (Fsp3) is 0.105. The van der Waals surface area contributed by atoms with Gasteiger partial charge in [-0.2, -0.15) is 0 Å². The van der Waals surface area contributed by atoms with E-state index in [9.17, 15) is 4.79 Å². The Morgan fingerprint density at radius 3 is 2.62 bits per heavy atom. The predicted molar refractivity (Wildman–Crippen MR) is 103 cm³/mol. The fourth-order valence-corrected chi connectivity index (χ4v) is 3.06. The summed E-state index contributed by atoms with van der Waals surface area (Å²) >= 11 is 7.43. The molecular weight excluding hydrogens is 372 g/mol. The van der Waals surface area contributed by atoms with Gasteiger partial charge in [-0.05, 0) is 29.8 Å². The molecule has 0 aliphatic heterocycles. The number of carbonyl (C=O) groups is 1. The summed E-state index contributed by atoms with van der Waals surface area (Å²) in [6.07, 6.45) is 1.58. The molecule has 7 heteroatoms. The van der Waals surface area contributed by atoms with Crippen LogP contribution in [0.15, 0.2) is 59.1 Å². The largest absolute Gasteiger partial charge is 0.465 e. The van der Waals surface area contributed by atoms with Gasteiger partial charge in [0.05, 0.1) is 24.6 Å². The topological polar surface area (TPSA) is 60.8 Å². The number of thiazole rings is 1. The highest BCUT2D eigenvalue weighted by atomic mass is 35.5.